The average Bonchev–Trinajstić information content (AvgIpc) is 2.81. The Labute approximate surface area is 124 Å². The molecular weight excluding hydrogens is 274 g/mol. The normalized spacial score (nSPS) is 20.4. The van der Waals surface area contributed by atoms with E-state index in [-0.39, 0.29) is 11.5 Å². The van der Waals surface area contributed by atoms with Crippen molar-refractivity contribution in [3.05, 3.63) is 35.4 Å². The van der Waals surface area contributed by atoms with Gasteiger partial charge in [-0.3, -0.25) is 4.79 Å². The number of carbonyl (C=O) groups excluding carboxylic acids is 1. The lowest BCUT2D eigenvalue weighted by atomic mass is 9.95. The molecule has 0 saturated carbocycles. The number of nitrogens with one attached hydrogen (secondary N) is 1. The summed E-state index contributed by atoms with van der Waals surface area (Å²) in [5, 5.41) is 2.98. The third-order valence-electron chi connectivity index (χ3n) is 4.30. The van der Waals surface area contributed by atoms with Crippen LogP contribution in [0.3, 0.4) is 0 Å². The largest absolute Gasteiger partial charge is 0.340 e. The van der Waals surface area contributed by atoms with Gasteiger partial charge in [-0.05, 0) is 24.9 Å². The Kier molecular flexibility index (Phi) is 4.93. The molecule has 1 aliphatic rings. The van der Waals surface area contributed by atoms with Gasteiger partial charge >= 0.3 is 0 Å². The minimum absolute atomic E-state index is 0.0887. The molecule has 1 amide bonds. The first-order valence-electron chi connectivity index (χ1n) is 7.33. The Morgan fingerprint density at radius 1 is 1.38 bits per heavy atom. The van der Waals surface area contributed by atoms with Crippen LogP contribution in [-0.2, 0) is 4.79 Å². The van der Waals surface area contributed by atoms with E-state index in [1.54, 1.807) is 18.0 Å². The SMILES string of the molecule is CNC(CN1CC(C(C)C)CC1=O)c1cccc(F)c1F. The van der Waals surface area contributed by atoms with Crippen LogP contribution in [0.1, 0.15) is 31.9 Å². The molecule has 1 aliphatic heterocycles. The molecule has 0 radical (unpaired) electrons. The Hall–Kier alpha value is -1.49. The maximum Gasteiger partial charge on any atom is 0.222 e. The molecule has 3 nitrogen and oxygen atoms in total. The van der Waals surface area contributed by atoms with Crippen LogP contribution in [0.15, 0.2) is 18.2 Å². The van der Waals surface area contributed by atoms with Crippen molar-refractivity contribution in [3.8, 4) is 0 Å². The minimum Gasteiger partial charge on any atom is -0.340 e. The molecule has 2 unspecified atom stereocenters. The molecule has 5 heteroatoms. The van der Waals surface area contributed by atoms with Crippen molar-refractivity contribution in [1.29, 1.82) is 0 Å². The molecule has 0 aromatic heterocycles. The second-order valence-corrected chi connectivity index (χ2v) is 5.99. The van der Waals surface area contributed by atoms with Crippen molar-refractivity contribution in [2.24, 2.45) is 11.8 Å². The molecule has 1 heterocycles. The molecular formula is C16H22F2N2O. The third-order valence-corrected chi connectivity index (χ3v) is 4.30. The summed E-state index contributed by atoms with van der Waals surface area (Å²) in [6, 6.07) is 3.73. The van der Waals surface area contributed by atoms with Gasteiger partial charge < -0.3 is 10.2 Å². The van der Waals surface area contributed by atoms with E-state index in [0.29, 0.717) is 31.3 Å². The second-order valence-electron chi connectivity index (χ2n) is 5.99. The molecule has 0 spiro atoms. The van der Waals surface area contributed by atoms with Crippen LogP contribution in [0.5, 0.6) is 0 Å². The lowest BCUT2D eigenvalue weighted by Crippen LogP contribution is -2.35. The fraction of sp³-hybridized carbons (Fsp3) is 0.562. The smallest absolute Gasteiger partial charge is 0.222 e. The van der Waals surface area contributed by atoms with Gasteiger partial charge in [0, 0.05) is 25.1 Å². The summed E-state index contributed by atoms with van der Waals surface area (Å²) in [4.78, 5) is 13.8. The van der Waals surface area contributed by atoms with E-state index in [1.807, 2.05) is 0 Å². The maximum atomic E-state index is 13.9. The van der Waals surface area contributed by atoms with E-state index in [4.69, 9.17) is 0 Å². The molecule has 2 rings (SSSR count). The van der Waals surface area contributed by atoms with Crippen molar-refractivity contribution >= 4 is 5.91 Å². The first-order valence-corrected chi connectivity index (χ1v) is 7.33. The first-order chi connectivity index (χ1) is 9.93. The van der Waals surface area contributed by atoms with Crippen LogP contribution in [0, 0.1) is 23.5 Å². The van der Waals surface area contributed by atoms with Crippen molar-refractivity contribution < 1.29 is 13.6 Å². The highest BCUT2D eigenvalue weighted by atomic mass is 19.2. The van der Waals surface area contributed by atoms with Gasteiger partial charge in [-0.25, -0.2) is 8.78 Å². The molecule has 21 heavy (non-hydrogen) atoms. The molecule has 1 fully saturated rings. The highest BCUT2D eigenvalue weighted by molar-refractivity contribution is 5.78. The van der Waals surface area contributed by atoms with Gasteiger partial charge in [0.1, 0.15) is 0 Å². The van der Waals surface area contributed by atoms with Crippen molar-refractivity contribution in [1.82, 2.24) is 10.2 Å². The number of nitrogens with zero attached hydrogens (tertiary/aromatic N) is 1. The van der Waals surface area contributed by atoms with E-state index in [1.165, 1.54) is 6.07 Å². The molecule has 1 aromatic carbocycles. The standard InChI is InChI=1S/C16H22F2N2O/c1-10(2)11-7-15(21)20(8-11)9-14(19-3)12-5-4-6-13(17)16(12)18/h4-6,10-11,14,19H,7-9H2,1-3H3. The van der Waals surface area contributed by atoms with Gasteiger partial charge in [-0.1, -0.05) is 26.0 Å². The number of carbonyl (C=O) groups is 1. The van der Waals surface area contributed by atoms with E-state index in [0.717, 1.165) is 6.07 Å². The van der Waals surface area contributed by atoms with Gasteiger partial charge in [0.25, 0.3) is 0 Å². The molecule has 0 aliphatic carbocycles. The third kappa shape index (κ3) is 3.40. The summed E-state index contributed by atoms with van der Waals surface area (Å²) in [5.41, 5.74) is 0.262. The average molecular weight is 296 g/mol. The van der Waals surface area contributed by atoms with E-state index < -0.39 is 17.7 Å². The molecule has 116 valence electrons. The summed E-state index contributed by atoms with van der Waals surface area (Å²) in [7, 11) is 1.69. The predicted molar refractivity (Wildman–Crippen MR) is 77.7 cm³/mol. The van der Waals surface area contributed by atoms with Crippen molar-refractivity contribution in [2.45, 2.75) is 26.3 Å². The van der Waals surface area contributed by atoms with Gasteiger partial charge in [-0.15, -0.1) is 0 Å². The Balaban J connectivity index is 2.13. The van der Waals surface area contributed by atoms with Gasteiger partial charge in [0.2, 0.25) is 5.91 Å². The quantitative estimate of drug-likeness (QED) is 0.906. The summed E-state index contributed by atoms with van der Waals surface area (Å²) in [6.07, 6.45) is 0.541. The number of rotatable bonds is 5. The minimum atomic E-state index is -0.861. The Morgan fingerprint density at radius 3 is 2.67 bits per heavy atom. The first kappa shape index (κ1) is 15.9. The molecule has 0 bridgehead atoms. The number of likely N-dealkylation sites (N-methyl/N-ethyl adjacent to an activating group) is 1. The van der Waals surface area contributed by atoms with E-state index in [2.05, 4.69) is 19.2 Å². The summed E-state index contributed by atoms with van der Waals surface area (Å²) in [5.74, 6) is -0.833. The second kappa shape index (κ2) is 6.52. The highest BCUT2D eigenvalue weighted by Crippen LogP contribution is 2.27. The van der Waals surface area contributed by atoms with Crippen LogP contribution < -0.4 is 5.32 Å². The van der Waals surface area contributed by atoms with Crippen LogP contribution in [-0.4, -0.2) is 30.9 Å². The zero-order chi connectivity index (χ0) is 15.6. The number of hydrogen-bond acceptors (Lipinski definition) is 2. The monoisotopic (exact) mass is 296 g/mol. The lowest BCUT2D eigenvalue weighted by molar-refractivity contribution is -0.128. The fourth-order valence-corrected chi connectivity index (χ4v) is 2.78. The number of likely N-dealkylation sites (tertiary alicyclic amines) is 1. The number of benzene rings is 1. The molecule has 1 aromatic rings. The number of hydrogen-bond donors (Lipinski definition) is 1. The Bertz CT molecular complexity index is 519. The van der Waals surface area contributed by atoms with Gasteiger partial charge in [-0.2, -0.15) is 0 Å². The lowest BCUT2D eigenvalue weighted by Gasteiger charge is -2.25. The van der Waals surface area contributed by atoms with E-state index >= 15 is 0 Å². The van der Waals surface area contributed by atoms with Crippen molar-refractivity contribution in [3.63, 3.8) is 0 Å². The highest BCUT2D eigenvalue weighted by Gasteiger charge is 2.33. The van der Waals surface area contributed by atoms with Crippen molar-refractivity contribution in [2.75, 3.05) is 20.1 Å². The maximum absolute atomic E-state index is 13.9. The summed E-state index contributed by atoms with van der Waals surface area (Å²) >= 11 is 0. The van der Waals surface area contributed by atoms with Gasteiger partial charge in [0.15, 0.2) is 11.6 Å². The van der Waals surface area contributed by atoms with Crippen LogP contribution in [0.2, 0.25) is 0 Å². The molecule has 1 N–H and O–H groups in total. The zero-order valence-corrected chi connectivity index (χ0v) is 12.7. The topological polar surface area (TPSA) is 32.3 Å². The predicted octanol–water partition coefficient (Wildman–Crippen LogP) is 2.73. The fourth-order valence-electron chi connectivity index (χ4n) is 2.78. The van der Waals surface area contributed by atoms with E-state index in [9.17, 15) is 13.6 Å². The summed E-state index contributed by atoms with van der Waals surface area (Å²) in [6.45, 7) is 5.25. The van der Waals surface area contributed by atoms with Gasteiger partial charge in [0.05, 0.1) is 6.04 Å². The van der Waals surface area contributed by atoms with Crippen LogP contribution in [0.25, 0.3) is 0 Å². The molecule has 2 atom stereocenters. The van der Waals surface area contributed by atoms with Crippen LogP contribution >= 0.6 is 0 Å². The molecule has 1 saturated heterocycles. The van der Waals surface area contributed by atoms with Crippen LogP contribution in [0.4, 0.5) is 8.78 Å². The Morgan fingerprint density at radius 2 is 2.10 bits per heavy atom. The number of amides is 1. The summed E-state index contributed by atoms with van der Waals surface area (Å²) < 4.78 is 27.2. The zero-order valence-electron chi connectivity index (χ0n) is 12.7. The number of halogens is 2.